The molecule has 0 atom stereocenters. The Hall–Kier alpha value is -1.06. The second kappa shape index (κ2) is 9.16. The number of benzene rings is 1. The van der Waals surface area contributed by atoms with Crippen molar-refractivity contribution in [3.05, 3.63) is 34.4 Å². The fourth-order valence-electron chi connectivity index (χ4n) is 3.27. The summed E-state index contributed by atoms with van der Waals surface area (Å²) in [6.45, 7) is 9.22. The normalized spacial score (nSPS) is 15.2. The van der Waals surface area contributed by atoms with E-state index in [2.05, 4.69) is 43.5 Å². The minimum atomic E-state index is 0. The monoisotopic (exact) mass is 324 g/mol. The zero-order chi connectivity index (χ0) is 15.2. The molecule has 1 saturated heterocycles. The van der Waals surface area contributed by atoms with E-state index in [0.717, 1.165) is 25.4 Å². The number of carbonyl (C=O) groups excluding carboxylic acids is 1. The molecule has 3 nitrogen and oxygen atoms in total. The van der Waals surface area contributed by atoms with Gasteiger partial charge in [-0.05, 0) is 75.7 Å². The van der Waals surface area contributed by atoms with Gasteiger partial charge >= 0.3 is 0 Å². The number of halogens is 1. The molecule has 1 aromatic carbocycles. The predicted octanol–water partition coefficient (Wildman–Crippen LogP) is 3.43. The molecule has 124 valence electrons. The zero-order valence-electron chi connectivity index (χ0n) is 14.0. The Bertz CT molecular complexity index is 473. The van der Waals surface area contributed by atoms with Crippen LogP contribution in [0.4, 0.5) is 0 Å². The summed E-state index contributed by atoms with van der Waals surface area (Å²) < 4.78 is 0. The average molecular weight is 325 g/mol. The van der Waals surface area contributed by atoms with E-state index in [-0.39, 0.29) is 18.3 Å². The van der Waals surface area contributed by atoms with Gasteiger partial charge in [-0.3, -0.25) is 4.79 Å². The standard InChI is InChI=1S/C18H28N2O.ClH/c1-13-10-14(2)17(15(3)11-13)12-20-18(21)5-4-16-6-8-19-9-7-16;/h10-11,16,19H,4-9,12H2,1-3H3,(H,20,21);1H. The molecule has 0 aliphatic carbocycles. The third kappa shape index (κ3) is 5.62. The van der Waals surface area contributed by atoms with Gasteiger partial charge in [-0.25, -0.2) is 0 Å². The van der Waals surface area contributed by atoms with E-state index in [1.54, 1.807) is 0 Å². The summed E-state index contributed by atoms with van der Waals surface area (Å²) in [6, 6.07) is 4.37. The van der Waals surface area contributed by atoms with Crippen LogP contribution >= 0.6 is 12.4 Å². The highest BCUT2D eigenvalue weighted by molar-refractivity contribution is 5.85. The molecule has 0 aromatic heterocycles. The van der Waals surface area contributed by atoms with Crippen LogP contribution in [0.3, 0.4) is 0 Å². The van der Waals surface area contributed by atoms with Crippen molar-refractivity contribution in [1.29, 1.82) is 0 Å². The van der Waals surface area contributed by atoms with Crippen LogP contribution in [0, 0.1) is 26.7 Å². The van der Waals surface area contributed by atoms with Crippen LogP contribution in [0.5, 0.6) is 0 Å². The minimum absolute atomic E-state index is 0. The summed E-state index contributed by atoms with van der Waals surface area (Å²) in [5.74, 6) is 0.910. The summed E-state index contributed by atoms with van der Waals surface area (Å²) in [4.78, 5) is 12.0. The smallest absolute Gasteiger partial charge is 0.220 e. The SMILES string of the molecule is Cc1cc(C)c(CNC(=O)CCC2CCNCC2)c(C)c1.Cl. The van der Waals surface area contributed by atoms with Crippen molar-refractivity contribution in [3.8, 4) is 0 Å². The molecule has 0 saturated carbocycles. The first-order valence-corrected chi connectivity index (χ1v) is 8.10. The topological polar surface area (TPSA) is 41.1 Å². The highest BCUT2D eigenvalue weighted by atomic mass is 35.5. The maximum Gasteiger partial charge on any atom is 0.220 e. The Morgan fingerprint density at radius 2 is 1.77 bits per heavy atom. The van der Waals surface area contributed by atoms with Crippen LogP contribution in [0.25, 0.3) is 0 Å². The zero-order valence-corrected chi connectivity index (χ0v) is 14.8. The summed E-state index contributed by atoms with van der Waals surface area (Å²) in [5.41, 5.74) is 5.08. The van der Waals surface area contributed by atoms with Crippen LogP contribution in [0.1, 0.15) is 47.9 Å². The molecule has 1 aromatic rings. The number of hydrogen-bond donors (Lipinski definition) is 2. The second-order valence-electron chi connectivity index (χ2n) is 6.39. The van der Waals surface area contributed by atoms with Crippen molar-refractivity contribution in [2.24, 2.45) is 5.92 Å². The molecule has 22 heavy (non-hydrogen) atoms. The number of aryl methyl sites for hydroxylation is 3. The number of amides is 1. The largest absolute Gasteiger partial charge is 0.352 e. The van der Waals surface area contributed by atoms with E-state index < -0.39 is 0 Å². The van der Waals surface area contributed by atoms with Gasteiger partial charge in [0.1, 0.15) is 0 Å². The van der Waals surface area contributed by atoms with Crippen LogP contribution in [-0.2, 0) is 11.3 Å². The fraction of sp³-hybridized carbons (Fsp3) is 0.611. The summed E-state index contributed by atoms with van der Waals surface area (Å²) in [6.07, 6.45) is 4.11. The van der Waals surface area contributed by atoms with Gasteiger partial charge in [0, 0.05) is 13.0 Å². The van der Waals surface area contributed by atoms with Gasteiger partial charge in [0.25, 0.3) is 0 Å². The van der Waals surface area contributed by atoms with Crippen LogP contribution < -0.4 is 10.6 Å². The van der Waals surface area contributed by atoms with E-state index in [9.17, 15) is 4.79 Å². The van der Waals surface area contributed by atoms with Crippen LogP contribution in [0.2, 0.25) is 0 Å². The lowest BCUT2D eigenvalue weighted by Gasteiger charge is -2.22. The first kappa shape index (κ1) is 19.0. The predicted molar refractivity (Wildman–Crippen MR) is 94.6 cm³/mol. The molecule has 0 bridgehead atoms. The van der Waals surface area contributed by atoms with Gasteiger partial charge in [0.2, 0.25) is 5.91 Å². The third-order valence-electron chi connectivity index (χ3n) is 4.54. The fourth-order valence-corrected chi connectivity index (χ4v) is 3.27. The van der Waals surface area contributed by atoms with E-state index in [0.29, 0.717) is 13.0 Å². The van der Waals surface area contributed by atoms with Gasteiger partial charge in [-0.15, -0.1) is 12.4 Å². The molecule has 0 radical (unpaired) electrons. The maximum atomic E-state index is 12.0. The van der Waals surface area contributed by atoms with E-state index in [4.69, 9.17) is 0 Å². The molecule has 0 unspecified atom stereocenters. The van der Waals surface area contributed by atoms with Crippen molar-refractivity contribution in [3.63, 3.8) is 0 Å². The van der Waals surface area contributed by atoms with E-state index in [1.165, 1.54) is 35.1 Å². The molecule has 1 amide bonds. The van der Waals surface area contributed by atoms with Gasteiger partial charge in [0.05, 0.1) is 0 Å². The highest BCUT2D eigenvalue weighted by Crippen LogP contribution is 2.18. The first-order chi connectivity index (χ1) is 10.1. The molecule has 0 spiro atoms. The molecule has 1 heterocycles. The van der Waals surface area contributed by atoms with Gasteiger partial charge in [-0.1, -0.05) is 17.7 Å². The van der Waals surface area contributed by atoms with Crippen molar-refractivity contribution in [1.82, 2.24) is 10.6 Å². The third-order valence-corrected chi connectivity index (χ3v) is 4.54. The van der Waals surface area contributed by atoms with E-state index in [1.807, 2.05) is 0 Å². The minimum Gasteiger partial charge on any atom is -0.352 e. The Balaban J connectivity index is 0.00000242. The molecule has 1 fully saturated rings. The summed E-state index contributed by atoms with van der Waals surface area (Å²) >= 11 is 0. The Labute approximate surface area is 140 Å². The highest BCUT2D eigenvalue weighted by Gasteiger charge is 2.14. The second-order valence-corrected chi connectivity index (χ2v) is 6.39. The van der Waals surface area contributed by atoms with Gasteiger partial charge in [0.15, 0.2) is 0 Å². The molecule has 4 heteroatoms. The van der Waals surface area contributed by atoms with Crippen LogP contribution in [0.15, 0.2) is 12.1 Å². The Morgan fingerprint density at radius 1 is 1.18 bits per heavy atom. The number of rotatable bonds is 5. The lowest BCUT2D eigenvalue weighted by atomic mass is 9.93. The first-order valence-electron chi connectivity index (χ1n) is 8.10. The van der Waals surface area contributed by atoms with Gasteiger partial charge in [-0.2, -0.15) is 0 Å². The molecular weight excluding hydrogens is 296 g/mol. The summed E-state index contributed by atoms with van der Waals surface area (Å²) in [5, 5.41) is 6.45. The molecular formula is C18H29ClN2O. The van der Waals surface area contributed by atoms with Crippen molar-refractivity contribution >= 4 is 18.3 Å². The Kier molecular flexibility index (Phi) is 7.91. The van der Waals surface area contributed by atoms with Crippen LogP contribution in [-0.4, -0.2) is 19.0 Å². The molecule has 1 aliphatic heterocycles. The average Bonchev–Trinajstić information content (AvgIpc) is 2.45. The summed E-state index contributed by atoms with van der Waals surface area (Å²) in [7, 11) is 0. The number of hydrogen-bond acceptors (Lipinski definition) is 2. The molecule has 2 rings (SSSR count). The van der Waals surface area contributed by atoms with Crippen molar-refractivity contribution < 1.29 is 4.79 Å². The lowest BCUT2D eigenvalue weighted by molar-refractivity contribution is -0.121. The molecule has 2 N–H and O–H groups in total. The van der Waals surface area contributed by atoms with Crippen molar-refractivity contribution in [2.45, 2.75) is 53.0 Å². The number of carbonyl (C=O) groups is 1. The maximum absolute atomic E-state index is 12.0. The number of nitrogens with one attached hydrogen (secondary N) is 2. The lowest BCUT2D eigenvalue weighted by Crippen LogP contribution is -2.29. The number of piperidine rings is 1. The van der Waals surface area contributed by atoms with Gasteiger partial charge < -0.3 is 10.6 Å². The van der Waals surface area contributed by atoms with E-state index >= 15 is 0 Å². The Morgan fingerprint density at radius 3 is 2.36 bits per heavy atom. The quantitative estimate of drug-likeness (QED) is 0.871. The van der Waals surface area contributed by atoms with Crippen molar-refractivity contribution in [2.75, 3.05) is 13.1 Å². The molecule has 1 aliphatic rings.